The van der Waals surface area contributed by atoms with Gasteiger partial charge < -0.3 is 20.1 Å². The number of nitrogens with one attached hydrogen (secondary N) is 2. The van der Waals surface area contributed by atoms with E-state index in [1.165, 1.54) is 11.9 Å². The Kier molecular flexibility index (Phi) is 5.25. The minimum Gasteiger partial charge on any atom is -0.360 e. The highest BCUT2D eigenvalue weighted by molar-refractivity contribution is 6.00. The first-order valence-corrected chi connectivity index (χ1v) is 8.73. The van der Waals surface area contributed by atoms with Crippen molar-refractivity contribution >= 4 is 29.2 Å². The van der Waals surface area contributed by atoms with Crippen molar-refractivity contribution in [3.63, 3.8) is 0 Å². The SMILES string of the molecule is Cc1cc(NC(=O)CN(C)C(=O)c2cccc(NC(=O)C3CC3C)c2)no1. The number of likely N-dealkylation sites (N-methyl/N-ethyl adjacent to an activating group) is 1. The van der Waals surface area contributed by atoms with Crippen molar-refractivity contribution in [2.75, 3.05) is 24.2 Å². The van der Waals surface area contributed by atoms with Gasteiger partial charge in [0.15, 0.2) is 5.82 Å². The normalized spacial score (nSPS) is 17.9. The summed E-state index contributed by atoms with van der Waals surface area (Å²) in [5.41, 5.74) is 0.963. The Morgan fingerprint density at radius 3 is 2.63 bits per heavy atom. The summed E-state index contributed by atoms with van der Waals surface area (Å²) in [5.74, 6) is 0.613. The van der Waals surface area contributed by atoms with E-state index in [-0.39, 0.29) is 30.2 Å². The van der Waals surface area contributed by atoms with Crippen LogP contribution in [0.4, 0.5) is 11.5 Å². The van der Waals surface area contributed by atoms with E-state index in [0.29, 0.717) is 28.7 Å². The Labute approximate surface area is 156 Å². The number of hydrogen-bond acceptors (Lipinski definition) is 5. The van der Waals surface area contributed by atoms with Crippen LogP contribution >= 0.6 is 0 Å². The lowest BCUT2D eigenvalue weighted by molar-refractivity contribution is -0.118. The molecule has 3 rings (SSSR count). The smallest absolute Gasteiger partial charge is 0.254 e. The number of aromatic nitrogens is 1. The predicted octanol–water partition coefficient (Wildman–Crippen LogP) is 2.29. The zero-order valence-electron chi connectivity index (χ0n) is 15.5. The van der Waals surface area contributed by atoms with E-state index in [9.17, 15) is 14.4 Å². The predicted molar refractivity (Wildman–Crippen MR) is 99.2 cm³/mol. The Bertz CT molecular complexity index is 876. The van der Waals surface area contributed by atoms with E-state index >= 15 is 0 Å². The summed E-state index contributed by atoms with van der Waals surface area (Å²) < 4.78 is 4.88. The summed E-state index contributed by atoms with van der Waals surface area (Å²) in [7, 11) is 1.53. The topological polar surface area (TPSA) is 105 Å². The molecule has 1 saturated carbocycles. The quantitative estimate of drug-likeness (QED) is 0.812. The Balaban J connectivity index is 1.58. The fraction of sp³-hybridized carbons (Fsp3) is 0.368. The maximum atomic E-state index is 12.6. The summed E-state index contributed by atoms with van der Waals surface area (Å²) in [4.78, 5) is 38.0. The highest BCUT2D eigenvalue weighted by atomic mass is 16.5. The molecule has 0 radical (unpaired) electrons. The fourth-order valence-corrected chi connectivity index (χ4v) is 2.77. The molecule has 2 aromatic rings. The molecule has 0 bridgehead atoms. The van der Waals surface area contributed by atoms with Gasteiger partial charge in [-0.2, -0.15) is 0 Å². The van der Waals surface area contributed by atoms with Crippen LogP contribution in [0.1, 0.15) is 29.5 Å². The minimum atomic E-state index is -0.383. The van der Waals surface area contributed by atoms with Gasteiger partial charge in [-0.3, -0.25) is 14.4 Å². The molecule has 0 spiro atoms. The van der Waals surface area contributed by atoms with Crippen molar-refractivity contribution < 1.29 is 18.9 Å². The van der Waals surface area contributed by atoms with Crippen LogP contribution in [-0.4, -0.2) is 41.4 Å². The van der Waals surface area contributed by atoms with Crippen molar-refractivity contribution in [2.45, 2.75) is 20.3 Å². The lowest BCUT2D eigenvalue weighted by atomic mass is 10.1. The van der Waals surface area contributed by atoms with Crippen LogP contribution in [-0.2, 0) is 9.59 Å². The van der Waals surface area contributed by atoms with Gasteiger partial charge >= 0.3 is 0 Å². The van der Waals surface area contributed by atoms with Gasteiger partial charge in [0.2, 0.25) is 11.8 Å². The Hall–Kier alpha value is -3.16. The molecule has 27 heavy (non-hydrogen) atoms. The number of carbonyl (C=O) groups is 3. The van der Waals surface area contributed by atoms with E-state index in [2.05, 4.69) is 15.8 Å². The third-order valence-electron chi connectivity index (χ3n) is 4.45. The zero-order chi connectivity index (χ0) is 19.6. The molecule has 1 fully saturated rings. The second-order valence-corrected chi connectivity index (χ2v) is 6.92. The first-order chi connectivity index (χ1) is 12.8. The maximum Gasteiger partial charge on any atom is 0.254 e. The number of anilines is 2. The number of benzene rings is 1. The number of carbonyl (C=O) groups excluding carboxylic acids is 3. The van der Waals surface area contributed by atoms with Crippen LogP contribution in [0.3, 0.4) is 0 Å². The maximum absolute atomic E-state index is 12.6. The van der Waals surface area contributed by atoms with Gasteiger partial charge in [0.25, 0.3) is 5.91 Å². The van der Waals surface area contributed by atoms with Crippen LogP contribution in [0.5, 0.6) is 0 Å². The highest BCUT2D eigenvalue weighted by Crippen LogP contribution is 2.38. The second-order valence-electron chi connectivity index (χ2n) is 6.92. The van der Waals surface area contributed by atoms with E-state index in [0.717, 1.165) is 6.42 Å². The Morgan fingerprint density at radius 1 is 1.26 bits per heavy atom. The van der Waals surface area contributed by atoms with Crippen molar-refractivity contribution in [3.8, 4) is 0 Å². The molecule has 8 heteroatoms. The number of aryl methyl sites for hydroxylation is 1. The molecule has 1 heterocycles. The largest absolute Gasteiger partial charge is 0.360 e. The van der Waals surface area contributed by atoms with Gasteiger partial charge in [-0.15, -0.1) is 0 Å². The zero-order valence-corrected chi connectivity index (χ0v) is 15.5. The number of hydrogen-bond donors (Lipinski definition) is 2. The summed E-state index contributed by atoms with van der Waals surface area (Å²) in [6.45, 7) is 3.61. The third-order valence-corrected chi connectivity index (χ3v) is 4.45. The molecule has 2 unspecified atom stereocenters. The van der Waals surface area contributed by atoms with Crippen molar-refractivity contribution in [1.82, 2.24) is 10.1 Å². The first-order valence-electron chi connectivity index (χ1n) is 8.73. The summed E-state index contributed by atoms with van der Waals surface area (Å²) in [6.07, 6.45) is 0.896. The van der Waals surface area contributed by atoms with Gasteiger partial charge in [0, 0.05) is 30.3 Å². The standard InChI is InChI=1S/C19H22N4O4/c1-11-7-15(11)18(25)20-14-6-4-5-13(9-14)19(26)23(3)10-17(24)21-16-8-12(2)27-22-16/h4-6,8-9,11,15H,7,10H2,1-3H3,(H,20,25)(H,21,22,24). The summed E-state index contributed by atoms with van der Waals surface area (Å²) >= 11 is 0. The van der Waals surface area contributed by atoms with Crippen molar-refractivity contribution in [1.29, 1.82) is 0 Å². The molecule has 142 valence electrons. The average Bonchev–Trinajstić information content (AvgIpc) is 3.22. The van der Waals surface area contributed by atoms with Crippen LogP contribution in [0.2, 0.25) is 0 Å². The third kappa shape index (κ3) is 4.72. The number of rotatable bonds is 6. The molecule has 2 atom stereocenters. The molecule has 8 nitrogen and oxygen atoms in total. The molecule has 2 N–H and O–H groups in total. The van der Waals surface area contributed by atoms with E-state index < -0.39 is 0 Å². The van der Waals surface area contributed by atoms with E-state index in [1.807, 2.05) is 6.92 Å². The monoisotopic (exact) mass is 370 g/mol. The van der Waals surface area contributed by atoms with Crippen LogP contribution in [0, 0.1) is 18.8 Å². The average molecular weight is 370 g/mol. The van der Waals surface area contributed by atoms with Gasteiger partial charge in [-0.05, 0) is 37.5 Å². The van der Waals surface area contributed by atoms with Gasteiger partial charge in [0.1, 0.15) is 5.76 Å². The fourth-order valence-electron chi connectivity index (χ4n) is 2.77. The first kappa shape index (κ1) is 18.6. The van der Waals surface area contributed by atoms with Crippen LogP contribution in [0.15, 0.2) is 34.9 Å². The number of nitrogens with zero attached hydrogens (tertiary/aromatic N) is 2. The lowest BCUT2D eigenvalue weighted by Gasteiger charge is -2.17. The molecule has 1 aliphatic rings. The van der Waals surface area contributed by atoms with Gasteiger partial charge in [-0.25, -0.2) is 0 Å². The molecule has 0 aliphatic heterocycles. The van der Waals surface area contributed by atoms with Crippen LogP contribution < -0.4 is 10.6 Å². The van der Waals surface area contributed by atoms with Gasteiger partial charge in [0.05, 0.1) is 6.54 Å². The molecular weight excluding hydrogens is 348 g/mol. The van der Waals surface area contributed by atoms with Crippen molar-refractivity contribution in [2.24, 2.45) is 11.8 Å². The van der Waals surface area contributed by atoms with Gasteiger partial charge in [-0.1, -0.05) is 18.1 Å². The second kappa shape index (κ2) is 7.61. The Morgan fingerprint density at radius 2 is 2.00 bits per heavy atom. The highest BCUT2D eigenvalue weighted by Gasteiger charge is 2.39. The van der Waals surface area contributed by atoms with Crippen molar-refractivity contribution in [3.05, 3.63) is 41.7 Å². The minimum absolute atomic E-state index is 0.0252. The summed E-state index contributed by atoms with van der Waals surface area (Å²) in [5, 5.41) is 9.08. The molecule has 3 amide bonds. The van der Waals surface area contributed by atoms with E-state index in [1.54, 1.807) is 37.3 Å². The molecular formula is C19H22N4O4. The van der Waals surface area contributed by atoms with E-state index in [4.69, 9.17) is 4.52 Å². The number of amides is 3. The molecule has 1 aromatic carbocycles. The van der Waals surface area contributed by atoms with Crippen LogP contribution in [0.25, 0.3) is 0 Å². The molecule has 0 saturated heterocycles. The molecule has 1 aliphatic carbocycles. The summed E-state index contributed by atoms with van der Waals surface area (Å²) in [6, 6.07) is 8.29. The molecule has 1 aromatic heterocycles. The lowest BCUT2D eigenvalue weighted by Crippen LogP contribution is -2.35.